The molecule has 120 valence electrons. The summed E-state index contributed by atoms with van der Waals surface area (Å²) in [5, 5.41) is 11.8. The van der Waals surface area contributed by atoms with Crippen molar-refractivity contribution in [3.05, 3.63) is 35.4 Å². The predicted octanol–water partition coefficient (Wildman–Crippen LogP) is 2.96. The molecule has 0 aliphatic carbocycles. The molecule has 2 rings (SSSR count). The van der Waals surface area contributed by atoms with Crippen LogP contribution in [0, 0.1) is 11.8 Å². The van der Waals surface area contributed by atoms with Crippen molar-refractivity contribution >= 4 is 12.0 Å². The van der Waals surface area contributed by atoms with Gasteiger partial charge in [0.25, 0.3) is 0 Å². The fraction of sp³-hybridized carbons (Fsp3) is 0.529. The fourth-order valence-corrected chi connectivity index (χ4v) is 2.96. The van der Waals surface area contributed by atoms with Crippen LogP contribution in [0.5, 0.6) is 0 Å². The van der Waals surface area contributed by atoms with Crippen LogP contribution in [0.3, 0.4) is 0 Å². The fourth-order valence-electron chi connectivity index (χ4n) is 2.96. The Bertz CT molecular complexity index is 527. The summed E-state index contributed by atoms with van der Waals surface area (Å²) in [6.07, 6.45) is 2.21. The van der Waals surface area contributed by atoms with E-state index in [0.29, 0.717) is 18.4 Å². The van der Waals surface area contributed by atoms with Crippen LogP contribution >= 0.6 is 0 Å². The standard InChI is InChI=1S/C17H24N2O3/c1-12-7-8-19(11-13(2)9-12)17(22)18-10-14-3-5-15(6-4-14)16(20)21/h3-6,12-13H,7-11H2,1-2H3,(H,18,22)(H,20,21). The second-order valence-corrected chi connectivity index (χ2v) is 6.34. The molecule has 2 unspecified atom stereocenters. The van der Waals surface area contributed by atoms with Gasteiger partial charge in [-0.15, -0.1) is 0 Å². The molecule has 0 bridgehead atoms. The lowest BCUT2D eigenvalue weighted by atomic mass is 9.97. The van der Waals surface area contributed by atoms with E-state index in [9.17, 15) is 9.59 Å². The minimum Gasteiger partial charge on any atom is -0.478 e. The van der Waals surface area contributed by atoms with Gasteiger partial charge in [0.15, 0.2) is 0 Å². The number of carbonyl (C=O) groups excluding carboxylic acids is 1. The maximum Gasteiger partial charge on any atom is 0.335 e. The molecule has 1 aliphatic heterocycles. The first-order valence-electron chi connectivity index (χ1n) is 7.80. The normalized spacial score (nSPS) is 22.0. The number of carboxylic acids is 1. The zero-order chi connectivity index (χ0) is 16.1. The van der Waals surface area contributed by atoms with E-state index in [0.717, 1.165) is 25.1 Å². The molecule has 1 heterocycles. The average molecular weight is 304 g/mol. The van der Waals surface area contributed by atoms with Crippen molar-refractivity contribution in [2.45, 2.75) is 33.2 Å². The molecule has 1 saturated heterocycles. The maximum atomic E-state index is 12.3. The number of carboxylic acid groups (broad SMARTS) is 1. The molecule has 1 fully saturated rings. The third kappa shape index (κ3) is 4.48. The van der Waals surface area contributed by atoms with Gasteiger partial charge in [-0.3, -0.25) is 0 Å². The van der Waals surface area contributed by atoms with E-state index >= 15 is 0 Å². The molecule has 1 aromatic rings. The van der Waals surface area contributed by atoms with Crippen molar-refractivity contribution in [1.29, 1.82) is 0 Å². The number of nitrogens with one attached hydrogen (secondary N) is 1. The second-order valence-electron chi connectivity index (χ2n) is 6.34. The Morgan fingerprint density at radius 1 is 1.23 bits per heavy atom. The lowest BCUT2D eigenvalue weighted by Crippen LogP contribution is -2.41. The number of nitrogens with zero attached hydrogens (tertiary/aromatic N) is 1. The van der Waals surface area contributed by atoms with Gasteiger partial charge < -0.3 is 15.3 Å². The number of aromatic carboxylic acids is 1. The second kappa shape index (κ2) is 7.29. The lowest BCUT2D eigenvalue weighted by molar-refractivity contribution is 0.0697. The molecular weight excluding hydrogens is 280 g/mol. The molecule has 0 saturated carbocycles. The van der Waals surface area contributed by atoms with Crippen LogP contribution in [0.2, 0.25) is 0 Å². The molecule has 22 heavy (non-hydrogen) atoms. The van der Waals surface area contributed by atoms with Crippen molar-refractivity contribution in [3.63, 3.8) is 0 Å². The largest absolute Gasteiger partial charge is 0.478 e. The molecule has 0 aromatic heterocycles. The highest BCUT2D eigenvalue weighted by atomic mass is 16.4. The van der Waals surface area contributed by atoms with Gasteiger partial charge in [-0.05, 0) is 42.4 Å². The van der Waals surface area contributed by atoms with E-state index in [4.69, 9.17) is 5.11 Å². The molecule has 0 spiro atoms. The topological polar surface area (TPSA) is 69.6 Å². The SMILES string of the molecule is CC1CCN(C(=O)NCc2ccc(C(=O)O)cc2)CC(C)C1. The molecule has 2 N–H and O–H groups in total. The number of urea groups is 1. The number of carbonyl (C=O) groups is 2. The zero-order valence-electron chi connectivity index (χ0n) is 13.2. The van der Waals surface area contributed by atoms with E-state index in [1.54, 1.807) is 24.3 Å². The van der Waals surface area contributed by atoms with Crippen molar-refractivity contribution < 1.29 is 14.7 Å². The Morgan fingerprint density at radius 2 is 1.91 bits per heavy atom. The number of rotatable bonds is 3. The number of amides is 2. The first-order chi connectivity index (χ1) is 10.5. The van der Waals surface area contributed by atoms with Crippen molar-refractivity contribution in [2.24, 2.45) is 11.8 Å². The minimum atomic E-state index is -0.941. The summed E-state index contributed by atoms with van der Waals surface area (Å²) in [5.41, 5.74) is 1.15. The number of benzene rings is 1. The number of hydrogen-bond donors (Lipinski definition) is 2. The summed E-state index contributed by atoms with van der Waals surface area (Å²) in [6, 6.07) is 6.54. The highest BCUT2D eigenvalue weighted by Crippen LogP contribution is 2.21. The summed E-state index contributed by atoms with van der Waals surface area (Å²) in [5.74, 6) is 0.248. The van der Waals surface area contributed by atoms with E-state index in [1.165, 1.54) is 6.42 Å². The monoisotopic (exact) mass is 304 g/mol. The molecule has 2 atom stereocenters. The van der Waals surface area contributed by atoms with Gasteiger partial charge in [-0.25, -0.2) is 9.59 Å². The molecule has 2 amide bonds. The molecular formula is C17H24N2O3. The summed E-state index contributed by atoms with van der Waals surface area (Å²) in [4.78, 5) is 25.0. The van der Waals surface area contributed by atoms with Crippen LogP contribution in [0.25, 0.3) is 0 Å². The van der Waals surface area contributed by atoms with E-state index in [-0.39, 0.29) is 11.6 Å². The Hall–Kier alpha value is -2.04. The van der Waals surface area contributed by atoms with Crippen LogP contribution in [-0.2, 0) is 6.54 Å². The van der Waals surface area contributed by atoms with Crippen molar-refractivity contribution in [3.8, 4) is 0 Å². The Kier molecular flexibility index (Phi) is 5.41. The average Bonchev–Trinajstić information content (AvgIpc) is 2.65. The van der Waals surface area contributed by atoms with E-state index in [2.05, 4.69) is 19.2 Å². The van der Waals surface area contributed by atoms with Gasteiger partial charge in [0.1, 0.15) is 0 Å². The molecule has 5 nitrogen and oxygen atoms in total. The first kappa shape index (κ1) is 16.3. The van der Waals surface area contributed by atoms with E-state index < -0.39 is 5.97 Å². The highest BCUT2D eigenvalue weighted by molar-refractivity contribution is 5.87. The maximum absolute atomic E-state index is 12.3. The smallest absolute Gasteiger partial charge is 0.335 e. The summed E-state index contributed by atoms with van der Waals surface area (Å²) in [7, 11) is 0. The lowest BCUT2D eigenvalue weighted by Gasteiger charge is -2.23. The van der Waals surface area contributed by atoms with Crippen LogP contribution in [-0.4, -0.2) is 35.1 Å². The highest BCUT2D eigenvalue weighted by Gasteiger charge is 2.22. The quantitative estimate of drug-likeness (QED) is 0.902. The Morgan fingerprint density at radius 3 is 2.55 bits per heavy atom. The number of hydrogen-bond acceptors (Lipinski definition) is 2. The minimum absolute atomic E-state index is 0.0386. The molecule has 1 aliphatic rings. The van der Waals surface area contributed by atoms with Gasteiger partial charge in [-0.2, -0.15) is 0 Å². The van der Waals surface area contributed by atoms with Gasteiger partial charge in [0.2, 0.25) is 0 Å². The zero-order valence-corrected chi connectivity index (χ0v) is 13.2. The van der Waals surface area contributed by atoms with Crippen LogP contribution in [0.4, 0.5) is 4.79 Å². The van der Waals surface area contributed by atoms with Crippen LogP contribution in [0.1, 0.15) is 42.6 Å². The summed E-state index contributed by atoms with van der Waals surface area (Å²) in [6.45, 7) is 6.44. The van der Waals surface area contributed by atoms with Crippen LogP contribution < -0.4 is 5.32 Å². The summed E-state index contributed by atoms with van der Waals surface area (Å²) < 4.78 is 0. The van der Waals surface area contributed by atoms with Gasteiger partial charge in [0, 0.05) is 19.6 Å². The molecule has 5 heteroatoms. The predicted molar refractivity (Wildman–Crippen MR) is 84.8 cm³/mol. The van der Waals surface area contributed by atoms with E-state index in [1.807, 2.05) is 4.90 Å². The summed E-state index contributed by atoms with van der Waals surface area (Å²) >= 11 is 0. The van der Waals surface area contributed by atoms with Crippen molar-refractivity contribution in [1.82, 2.24) is 10.2 Å². The third-order valence-electron chi connectivity index (χ3n) is 4.16. The third-order valence-corrected chi connectivity index (χ3v) is 4.16. The van der Waals surface area contributed by atoms with Crippen molar-refractivity contribution in [2.75, 3.05) is 13.1 Å². The molecule has 1 aromatic carbocycles. The first-order valence-corrected chi connectivity index (χ1v) is 7.80. The van der Waals surface area contributed by atoms with Gasteiger partial charge >= 0.3 is 12.0 Å². The molecule has 0 radical (unpaired) electrons. The van der Waals surface area contributed by atoms with Gasteiger partial charge in [-0.1, -0.05) is 26.0 Å². The number of likely N-dealkylation sites (tertiary alicyclic amines) is 1. The van der Waals surface area contributed by atoms with Crippen LogP contribution in [0.15, 0.2) is 24.3 Å². The Labute approximate surface area is 131 Å². The Balaban J connectivity index is 1.87. The van der Waals surface area contributed by atoms with Gasteiger partial charge in [0.05, 0.1) is 5.56 Å².